The zero-order chi connectivity index (χ0) is 21.5. The molecule has 160 valence electrons. The van der Waals surface area contributed by atoms with E-state index in [2.05, 4.69) is 5.32 Å². The number of hydrogen-bond acceptors (Lipinski definition) is 4. The van der Waals surface area contributed by atoms with Gasteiger partial charge in [0.2, 0.25) is 5.91 Å². The van der Waals surface area contributed by atoms with Crippen molar-refractivity contribution in [2.24, 2.45) is 5.92 Å². The van der Waals surface area contributed by atoms with Crippen LogP contribution in [0.1, 0.15) is 34.4 Å². The number of rotatable bonds is 3. The molecule has 2 bridgehead atoms. The van der Waals surface area contributed by atoms with Gasteiger partial charge >= 0.3 is 0 Å². The van der Waals surface area contributed by atoms with Crippen LogP contribution >= 0.6 is 0 Å². The number of carbonyl (C=O) groups excluding carboxylic acids is 2. The van der Waals surface area contributed by atoms with Crippen LogP contribution in [0.25, 0.3) is 0 Å². The van der Waals surface area contributed by atoms with Crippen LogP contribution in [0.15, 0.2) is 59.4 Å². The van der Waals surface area contributed by atoms with E-state index in [1.807, 2.05) is 47.4 Å². The minimum absolute atomic E-state index is 0.0343. The molecule has 1 aromatic heterocycles. The number of fused-ring (bicyclic) bond motifs is 4. The number of anilines is 1. The molecule has 1 aromatic carbocycles. The quantitative estimate of drug-likeness (QED) is 0.775. The molecule has 1 fully saturated rings. The lowest BCUT2D eigenvalue weighted by Gasteiger charge is -2.47. The van der Waals surface area contributed by atoms with Gasteiger partial charge in [-0.15, -0.1) is 0 Å². The fraction of sp³-hybridized carbons (Fsp3) is 0.375. The van der Waals surface area contributed by atoms with E-state index in [1.54, 1.807) is 22.6 Å². The highest BCUT2D eigenvalue weighted by Crippen LogP contribution is 2.42. The Morgan fingerprint density at radius 1 is 0.968 bits per heavy atom. The Hall–Kier alpha value is -3.35. The van der Waals surface area contributed by atoms with E-state index >= 15 is 0 Å². The molecule has 2 aromatic rings. The highest BCUT2D eigenvalue weighted by atomic mass is 16.2. The van der Waals surface area contributed by atoms with E-state index in [9.17, 15) is 14.4 Å². The maximum absolute atomic E-state index is 13.5. The van der Waals surface area contributed by atoms with E-state index in [1.165, 1.54) is 6.07 Å². The molecule has 7 nitrogen and oxygen atoms in total. The maximum Gasteiger partial charge on any atom is 0.255 e. The van der Waals surface area contributed by atoms with Crippen molar-refractivity contribution >= 4 is 17.5 Å². The smallest absolute Gasteiger partial charge is 0.255 e. The van der Waals surface area contributed by atoms with Crippen LogP contribution in [0, 0.1) is 5.92 Å². The average molecular weight is 418 g/mol. The second-order valence-corrected chi connectivity index (χ2v) is 8.52. The van der Waals surface area contributed by atoms with Crippen molar-refractivity contribution in [3.05, 3.63) is 76.2 Å². The lowest BCUT2D eigenvalue weighted by molar-refractivity contribution is -0.136. The average Bonchev–Trinajstić information content (AvgIpc) is 3.34. The summed E-state index contributed by atoms with van der Waals surface area (Å²) in [6, 6.07) is 12.1. The Morgan fingerprint density at radius 3 is 2.52 bits per heavy atom. The third-order valence-corrected chi connectivity index (χ3v) is 6.74. The highest BCUT2D eigenvalue weighted by Gasteiger charge is 2.46. The molecule has 3 aliphatic rings. The van der Waals surface area contributed by atoms with Gasteiger partial charge in [-0.3, -0.25) is 19.0 Å². The molecule has 7 heteroatoms. The van der Waals surface area contributed by atoms with Crippen molar-refractivity contribution < 1.29 is 9.59 Å². The van der Waals surface area contributed by atoms with E-state index in [0.29, 0.717) is 31.7 Å². The summed E-state index contributed by atoms with van der Waals surface area (Å²) in [6.07, 6.45) is 4.76. The Morgan fingerprint density at radius 2 is 1.74 bits per heavy atom. The number of amides is 2. The third-order valence-electron chi connectivity index (χ3n) is 6.74. The van der Waals surface area contributed by atoms with Gasteiger partial charge in [-0.25, -0.2) is 0 Å². The van der Waals surface area contributed by atoms with E-state index < -0.39 is 6.04 Å². The molecule has 3 aliphatic heterocycles. The van der Waals surface area contributed by atoms with Crippen LogP contribution in [0.2, 0.25) is 0 Å². The van der Waals surface area contributed by atoms with Crippen LogP contribution < -0.4 is 10.9 Å². The first-order chi connectivity index (χ1) is 15.1. The number of likely N-dealkylation sites (tertiary alicyclic amines) is 1. The number of piperidine rings is 1. The second kappa shape index (κ2) is 7.72. The van der Waals surface area contributed by atoms with Crippen LogP contribution in [-0.2, 0) is 4.79 Å². The molecular weight excluding hydrogens is 392 g/mol. The predicted octanol–water partition coefficient (Wildman–Crippen LogP) is 2.09. The maximum atomic E-state index is 13.5. The molecule has 0 aliphatic carbocycles. The van der Waals surface area contributed by atoms with Gasteiger partial charge in [0.05, 0.1) is 5.56 Å². The highest BCUT2D eigenvalue weighted by molar-refractivity contribution is 5.99. The zero-order valence-electron chi connectivity index (χ0n) is 17.5. The van der Waals surface area contributed by atoms with Gasteiger partial charge in [0.1, 0.15) is 6.04 Å². The lowest BCUT2D eigenvalue weighted by Crippen LogP contribution is -2.54. The fourth-order valence-corrected chi connectivity index (χ4v) is 5.32. The van der Waals surface area contributed by atoms with Crippen LogP contribution in [0.3, 0.4) is 0 Å². The molecule has 0 radical (unpaired) electrons. The van der Waals surface area contributed by atoms with Crippen molar-refractivity contribution in [3.63, 3.8) is 0 Å². The topological polar surface area (TPSA) is 74.7 Å². The van der Waals surface area contributed by atoms with Crippen LogP contribution in [0.5, 0.6) is 0 Å². The Kier molecular flexibility index (Phi) is 4.88. The first-order valence-electron chi connectivity index (χ1n) is 10.8. The molecule has 1 saturated heterocycles. The normalized spacial score (nSPS) is 24.1. The molecule has 1 N–H and O–H groups in total. The van der Waals surface area contributed by atoms with Crippen LogP contribution in [0.4, 0.5) is 5.69 Å². The summed E-state index contributed by atoms with van der Waals surface area (Å²) in [7, 11) is 1.80. The number of nitrogens with one attached hydrogen (secondary N) is 1. The van der Waals surface area contributed by atoms with Crippen molar-refractivity contribution in [2.45, 2.75) is 18.4 Å². The van der Waals surface area contributed by atoms with E-state index in [-0.39, 0.29) is 29.2 Å². The summed E-state index contributed by atoms with van der Waals surface area (Å²) in [5.74, 6) is -0.127. The summed E-state index contributed by atoms with van der Waals surface area (Å²) in [4.78, 5) is 43.4. The summed E-state index contributed by atoms with van der Waals surface area (Å²) in [5, 5.41) is 3.09. The molecule has 4 heterocycles. The molecule has 3 atom stereocenters. The molecular formula is C24H26N4O3. The number of pyridine rings is 1. The van der Waals surface area contributed by atoms with Gasteiger partial charge in [0.15, 0.2) is 0 Å². The number of para-hydroxylation sites is 1. The van der Waals surface area contributed by atoms with Gasteiger partial charge in [-0.2, -0.15) is 0 Å². The Balaban J connectivity index is 1.52. The Bertz CT molecular complexity index is 1110. The van der Waals surface area contributed by atoms with Gasteiger partial charge in [0.25, 0.3) is 11.5 Å². The van der Waals surface area contributed by atoms with Crippen molar-refractivity contribution in [1.29, 1.82) is 0 Å². The van der Waals surface area contributed by atoms with E-state index in [4.69, 9.17) is 0 Å². The first kappa shape index (κ1) is 19.6. The lowest BCUT2D eigenvalue weighted by atomic mass is 9.77. The fourth-order valence-electron chi connectivity index (χ4n) is 5.32. The zero-order valence-corrected chi connectivity index (χ0v) is 17.5. The van der Waals surface area contributed by atoms with Crippen molar-refractivity contribution in [3.8, 4) is 0 Å². The minimum atomic E-state index is -0.574. The van der Waals surface area contributed by atoms with Gasteiger partial charge in [-0.05, 0) is 24.6 Å². The van der Waals surface area contributed by atoms with Crippen molar-refractivity contribution in [1.82, 2.24) is 14.4 Å². The van der Waals surface area contributed by atoms with Crippen molar-refractivity contribution in [2.75, 3.05) is 38.5 Å². The summed E-state index contributed by atoms with van der Waals surface area (Å²) in [6.45, 7) is 2.15. The monoisotopic (exact) mass is 418 g/mol. The Labute approximate surface area is 181 Å². The molecule has 0 unspecified atom stereocenters. The molecule has 0 saturated carbocycles. The number of hydrogen-bond donors (Lipinski definition) is 1. The molecule has 0 spiro atoms. The summed E-state index contributed by atoms with van der Waals surface area (Å²) >= 11 is 0. The summed E-state index contributed by atoms with van der Waals surface area (Å²) < 4.78 is 1.70. The standard InChI is InChI=1S/C24H26N4O3/c1-25-19-8-3-2-7-18(19)23(30)27-14-16-13-17(15-27)22(24(31)26-11-4-5-12-26)28-20(16)9-6-10-21(28)29/h2-10,16-17,22,25H,11-15H2,1H3/t16-,17+,22+/m0/s1. The molecule has 2 amide bonds. The number of aromatic nitrogens is 1. The third kappa shape index (κ3) is 3.24. The summed E-state index contributed by atoms with van der Waals surface area (Å²) in [5.41, 5.74) is 2.13. The minimum Gasteiger partial charge on any atom is -0.387 e. The predicted molar refractivity (Wildman–Crippen MR) is 118 cm³/mol. The van der Waals surface area contributed by atoms with E-state index in [0.717, 1.165) is 17.8 Å². The molecule has 31 heavy (non-hydrogen) atoms. The number of carbonyl (C=O) groups is 2. The second-order valence-electron chi connectivity index (χ2n) is 8.52. The molecule has 5 rings (SSSR count). The van der Waals surface area contributed by atoms with Gasteiger partial charge in [-0.1, -0.05) is 30.4 Å². The first-order valence-corrected chi connectivity index (χ1v) is 10.8. The SMILES string of the molecule is CNc1ccccc1C(=O)N1C[C@@H]2C[C@H](C1)[C@H](C(=O)N1CC=CC1)n1c2cccc1=O. The van der Waals surface area contributed by atoms with Crippen LogP contribution in [-0.4, -0.2) is 59.4 Å². The number of nitrogens with zero attached hydrogens (tertiary/aromatic N) is 3. The van der Waals surface area contributed by atoms with Gasteiger partial charge in [0, 0.05) is 62.5 Å². The van der Waals surface area contributed by atoms with Gasteiger partial charge < -0.3 is 15.1 Å². The number of benzene rings is 1. The largest absolute Gasteiger partial charge is 0.387 e.